The number of nitro benzene ring substituents is 1. The van der Waals surface area contributed by atoms with Crippen molar-refractivity contribution >= 4 is 5.69 Å². The van der Waals surface area contributed by atoms with Gasteiger partial charge in [0.25, 0.3) is 5.69 Å². The molecule has 0 amide bonds. The van der Waals surface area contributed by atoms with Gasteiger partial charge in [-0.1, -0.05) is 18.2 Å². The first-order chi connectivity index (χ1) is 8.71. The van der Waals surface area contributed by atoms with Gasteiger partial charge < -0.3 is 5.32 Å². The number of para-hydroxylation sites is 1. The molecule has 96 valence electrons. The molecule has 0 aromatic heterocycles. The van der Waals surface area contributed by atoms with Crippen molar-refractivity contribution in [2.45, 2.75) is 32.2 Å². The maximum atomic E-state index is 10.9. The molecule has 0 spiro atoms. The van der Waals surface area contributed by atoms with Crippen LogP contribution in [0.15, 0.2) is 24.3 Å². The first-order valence-electron chi connectivity index (χ1n) is 6.64. The Morgan fingerprint density at radius 2 is 2.06 bits per heavy atom. The molecule has 0 radical (unpaired) electrons. The van der Waals surface area contributed by atoms with Crippen molar-refractivity contribution in [2.24, 2.45) is 11.3 Å². The van der Waals surface area contributed by atoms with Crippen LogP contribution in [0.5, 0.6) is 0 Å². The van der Waals surface area contributed by atoms with Crippen LogP contribution in [-0.4, -0.2) is 11.5 Å². The number of nitrogens with zero attached hydrogens (tertiary/aromatic N) is 1. The summed E-state index contributed by atoms with van der Waals surface area (Å²) >= 11 is 0. The summed E-state index contributed by atoms with van der Waals surface area (Å²) in [5, 5.41) is 14.3. The summed E-state index contributed by atoms with van der Waals surface area (Å²) in [6.07, 6.45) is 5.43. The minimum Gasteiger partial charge on any atom is -0.312 e. The van der Waals surface area contributed by atoms with Gasteiger partial charge >= 0.3 is 0 Å². The molecule has 0 atom stereocenters. The van der Waals surface area contributed by atoms with Gasteiger partial charge in [0.1, 0.15) is 0 Å². The van der Waals surface area contributed by atoms with Gasteiger partial charge in [-0.15, -0.1) is 0 Å². The summed E-state index contributed by atoms with van der Waals surface area (Å²) < 4.78 is 0. The normalized spacial score (nSPS) is 20.7. The van der Waals surface area contributed by atoms with Gasteiger partial charge in [0, 0.05) is 24.7 Å². The van der Waals surface area contributed by atoms with Crippen LogP contribution in [0.25, 0.3) is 0 Å². The van der Waals surface area contributed by atoms with Gasteiger partial charge in [-0.05, 0) is 37.0 Å². The summed E-state index contributed by atoms with van der Waals surface area (Å²) in [5.41, 5.74) is 1.55. The Morgan fingerprint density at radius 3 is 2.67 bits per heavy atom. The van der Waals surface area contributed by atoms with Gasteiger partial charge in [-0.2, -0.15) is 0 Å². The van der Waals surface area contributed by atoms with E-state index in [1.165, 1.54) is 25.7 Å². The van der Waals surface area contributed by atoms with Gasteiger partial charge in [0.2, 0.25) is 0 Å². The fourth-order valence-electron chi connectivity index (χ4n) is 2.87. The number of rotatable bonds is 6. The minimum atomic E-state index is -0.301. The number of benzene rings is 1. The van der Waals surface area contributed by atoms with E-state index in [1.54, 1.807) is 12.1 Å². The molecule has 1 aromatic rings. The molecule has 3 rings (SSSR count). The Hall–Kier alpha value is -1.42. The van der Waals surface area contributed by atoms with Crippen molar-refractivity contribution in [2.75, 3.05) is 6.54 Å². The fraction of sp³-hybridized carbons (Fsp3) is 0.571. The molecule has 0 bridgehead atoms. The van der Waals surface area contributed by atoms with Crippen LogP contribution in [0.4, 0.5) is 5.69 Å². The monoisotopic (exact) mass is 246 g/mol. The van der Waals surface area contributed by atoms with Crippen molar-refractivity contribution in [1.82, 2.24) is 5.32 Å². The van der Waals surface area contributed by atoms with Gasteiger partial charge in [-0.3, -0.25) is 10.1 Å². The van der Waals surface area contributed by atoms with E-state index < -0.39 is 0 Å². The van der Waals surface area contributed by atoms with E-state index >= 15 is 0 Å². The maximum absolute atomic E-state index is 10.9. The van der Waals surface area contributed by atoms with Crippen molar-refractivity contribution in [3.63, 3.8) is 0 Å². The molecule has 2 aliphatic carbocycles. The van der Waals surface area contributed by atoms with E-state index in [0.717, 1.165) is 18.0 Å². The molecule has 0 aliphatic heterocycles. The van der Waals surface area contributed by atoms with Gasteiger partial charge in [0.15, 0.2) is 0 Å². The molecule has 4 nitrogen and oxygen atoms in total. The first-order valence-corrected chi connectivity index (χ1v) is 6.64. The van der Waals surface area contributed by atoms with Crippen LogP contribution in [0.3, 0.4) is 0 Å². The lowest BCUT2D eigenvalue weighted by Gasteiger charge is -2.14. The van der Waals surface area contributed by atoms with E-state index in [1.807, 2.05) is 12.1 Å². The second-order valence-electron chi connectivity index (χ2n) is 5.63. The summed E-state index contributed by atoms with van der Waals surface area (Å²) in [6.45, 7) is 1.62. The molecule has 4 heteroatoms. The Bertz CT molecular complexity index is 465. The van der Waals surface area contributed by atoms with E-state index in [0.29, 0.717) is 12.0 Å². The van der Waals surface area contributed by atoms with Crippen molar-refractivity contribution in [1.29, 1.82) is 0 Å². The smallest absolute Gasteiger partial charge is 0.273 e. The number of nitro groups is 1. The third-order valence-corrected chi connectivity index (χ3v) is 4.32. The first kappa shape index (κ1) is 11.7. The second-order valence-corrected chi connectivity index (χ2v) is 5.63. The lowest BCUT2D eigenvalue weighted by atomic mass is 10.0. The third-order valence-electron chi connectivity index (χ3n) is 4.32. The zero-order valence-electron chi connectivity index (χ0n) is 10.4. The predicted octanol–water partition coefficient (Wildman–Crippen LogP) is 2.87. The summed E-state index contributed by atoms with van der Waals surface area (Å²) in [4.78, 5) is 10.6. The van der Waals surface area contributed by atoms with Crippen LogP contribution in [-0.2, 0) is 6.54 Å². The molecular weight excluding hydrogens is 228 g/mol. The van der Waals surface area contributed by atoms with Crippen LogP contribution in [0, 0.1) is 21.4 Å². The van der Waals surface area contributed by atoms with Crippen molar-refractivity contribution in [3.8, 4) is 0 Å². The lowest BCUT2D eigenvalue weighted by Crippen LogP contribution is -2.25. The zero-order chi connectivity index (χ0) is 12.6. The van der Waals surface area contributed by atoms with Crippen LogP contribution < -0.4 is 5.32 Å². The van der Waals surface area contributed by atoms with Gasteiger partial charge in [-0.25, -0.2) is 0 Å². The standard InChI is InChI=1S/C14H18N2O2/c17-16(18)13-4-2-1-3-11(13)9-15-10-14(7-8-14)12-5-6-12/h1-4,12,15H,5-10H2. The molecular formula is C14H18N2O2. The van der Waals surface area contributed by atoms with Crippen LogP contribution >= 0.6 is 0 Å². The second kappa shape index (κ2) is 4.35. The molecule has 1 N–H and O–H groups in total. The predicted molar refractivity (Wildman–Crippen MR) is 69.2 cm³/mol. The topological polar surface area (TPSA) is 55.2 Å². The Labute approximate surface area is 107 Å². The lowest BCUT2D eigenvalue weighted by molar-refractivity contribution is -0.385. The SMILES string of the molecule is O=[N+]([O-])c1ccccc1CNCC1(C2CC2)CC1. The highest BCUT2D eigenvalue weighted by Gasteiger charge is 2.53. The molecule has 1 aromatic carbocycles. The average Bonchev–Trinajstić information content (AvgIpc) is 3.23. The Balaban J connectivity index is 1.58. The molecule has 0 unspecified atom stereocenters. The van der Waals surface area contributed by atoms with Crippen molar-refractivity contribution < 1.29 is 4.92 Å². The van der Waals surface area contributed by atoms with E-state index in [2.05, 4.69) is 5.32 Å². The molecule has 18 heavy (non-hydrogen) atoms. The number of hydrogen-bond donors (Lipinski definition) is 1. The number of nitrogens with one attached hydrogen (secondary N) is 1. The highest BCUT2D eigenvalue weighted by molar-refractivity contribution is 5.39. The number of hydrogen-bond acceptors (Lipinski definition) is 3. The average molecular weight is 246 g/mol. The highest BCUT2D eigenvalue weighted by atomic mass is 16.6. The summed E-state index contributed by atoms with van der Waals surface area (Å²) in [6, 6.07) is 6.98. The zero-order valence-corrected chi connectivity index (χ0v) is 10.4. The molecule has 2 fully saturated rings. The van der Waals surface area contributed by atoms with Gasteiger partial charge in [0.05, 0.1) is 4.92 Å². The van der Waals surface area contributed by atoms with Crippen molar-refractivity contribution in [3.05, 3.63) is 39.9 Å². The van der Waals surface area contributed by atoms with Crippen LogP contribution in [0.1, 0.15) is 31.2 Å². The molecule has 0 saturated heterocycles. The maximum Gasteiger partial charge on any atom is 0.273 e. The van der Waals surface area contributed by atoms with E-state index in [9.17, 15) is 10.1 Å². The van der Waals surface area contributed by atoms with E-state index in [-0.39, 0.29) is 10.6 Å². The highest BCUT2D eigenvalue weighted by Crippen LogP contribution is 2.60. The minimum absolute atomic E-state index is 0.223. The Morgan fingerprint density at radius 1 is 1.33 bits per heavy atom. The van der Waals surface area contributed by atoms with Crippen LogP contribution in [0.2, 0.25) is 0 Å². The molecule has 2 aliphatic rings. The fourth-order valence-corrected chi connectivity index (χ4v) is 2.87. The summed E-state index contributed by atoms with van der Waals surface area (Å²) in [5.74, 6) is 0.927. The van der Waals surface area contributed by atoms with E-state index in [4.69, 9.17) is 0 Å². The Kier molecular flexibility index (Phi) is 2.82. The summed E-state index contributed by atoms with van der Waals surface area (Å²) in [7, 11) is 0. The third kappa shape index (κ3) is 2.25. The molecule has 0 heterocycles. The largest absolute Gasteiger partial charge is 0.312 e. The molecule has 2 saturated carbocycles. The quantitative estimate of drug-likeness (QED) is 0.620.